The van der Waals surface area contributed by atoms with Crippen LogP contribution in [0.4, 0.5) is 5.69 Å². The Bertz CT molecular complexity index is 691. The number of para-hydroxylation sites is 2. The van der Waals surface area contributed by atoms with E-state index in [1.807, 2.05) is 29.2 Å². The average molecular weight is 315 g/mol. The Morgan fingerprint density at radius 1 is 1.39 bits per heavy atom. The summed E-state index contributed by atoms with van der Waals surface area (Å²) in [6.45, 7) is 2.07. The van der Waals surface area contributed by atoms with Gasteiger partial charge in [0.1, 0.15) is 5.75 Å². The summed E-state index contributed by atoms with van der Waals surface area (Å²) in [5.41, 5.74) is 0.156. The molecule has 5 nitrogen and oxygen atoms in total. The number of aliphatic hydroxyl groups is 1. The quantitative estimate of drug-likeness (QED) is 0.924. The first kappa shape index (κ1) is 13.8. The smallest absolute Gasteiger partial charge is 0.233 e. The van der Waals surface area contributed by atoms with Crippen LogP contribution in [0.25, 0.3) is 0 Å². The number of carbonyl (C=O) groups is 1. The molecule has 2 heterocycles. The number of rotatable bonds is 3. The fraction of sp³-hybridized carbons (Fsp3) is 0.611. The monoisotopic (exact) mass is 315 g/mol. The summed E-state index contributed by atoms with van der Waals surface area (Å²) in [4.78, 5) is 15.1. The number of amides is 1. The molecular formula is C18H21NO4. The van der Waals surface area contributed by atoms with Gasteiger partial charge in [-0.2, -0.15) is 0 Å². The van der Waals surface area contributed by atoms with Gasteiger partial charge in [-0.05, 0) is 36.8 Å². The second-order valence-corrected chi connectivity index (χ2v) is 7.23. The maximum absolute atomic E-state index is 13.3. The van der Waals surface area contributed by atoms with E-state index in [9.17, 15) is 9.90 Å². The Morgan fingerprint density at radius 3 is 2.91 bits per heavy atom. The molecule has 122 valence electrons. The maximum atomic E-state index is 13.3. The topological polar surface area (TPSA) is 59.0 Å². The highest BCUT2D eigenvalue weighted by Crippen LogP contribution is 2.69. The summed E-state index contributed by atoms with van der Waals surface area (Å²) in [7, 11) is 1.62. The van der Waals surface area contributed by atoms with Crippen molar-refractivity contribution >= 4 is 11.6 Å². The lowest BCUT2D eigenvalue weighted by atomic mass is 9.76. The number of aliphatic hydroxyl groups excluding tert-OH is 1. The van der Waals surface area contributed by atoms with Gasteiger partial charge in [-0.25, -0.2) is 0 Å². The molecule has 5 heteroatoms. The highest BCUT2D eigenvalue weighted by atomic mass is 16.6. The third-order valence-corrected chi connectivity index (χ3v) is 6.63. The number of anilines is 1. The van der Waals surface area contributed by atoms with Crippen molar-refractivity contribution in [2.45, 2.75) is 37.7 Å². The first-order valence-corrected chi connectivity index (χ1v) is 8.47. The standard InChI is InChI=1S/C18H21NO4/c1-3-18-14-10-8-9(15(20)16(10)23-18)13(14)17(21)19(18)11-6-4-5-7-12(11)22-2/h4-7,9-10,13-16,20H,3,8H2,1-2H3/t9-,10-,13-,14+,15+,16-,18-/m0/s1. The summed E-state index contributed by atoms with van der Waals surface area (Å²) in [6, 6.07) is 7.63. The van der Waals surface area contributed by atoms with E-state index >= 15 is 0 Å². The van der Waals surface area contributed by atoms with E-state index in [0.29, 0.717) is 11.7 Å². The van der Waals surface area contributed by atoms with Crippen molar-refractivity contribution in [2.24, 2.45) is 23.7 Å². The number of ether oxygens (including phenoxy) is 2. The molecule has 2 saturated carbocycles. The van der Waals surface area contributed by atoms with Crippen LogP contribution in [-0.4, -0.2) is 36.1 Å². The minimum Gasteiger partial charge on any atom is -0.495 e. The predicted molar refractivity (Wildman–Crippen MR) is 83.0 cm³/mol. The minimum atomic E-state index is -0.627. The summed E-state index contributed by atoms with van der Waals surface area (Å²) < 4.78 is 11.9. The normalized spacial score (nSPS) is 46.0. The molecule has 0 spiro atoms. The second kappa shape index (κ2) is 4.28. The van der Waals surface area contributed by atoms with Gasteiger partial charge in [-0.3, -0.25) is 9.69 Å². The van der Waals surface area contributed by atoms with Gasteiger partial charge in [0.25, 0.3) is 0 Å². The van der Waals surface area contributed by atoms with Gasteiger partial charge >= 0.3 is 0 Å². The molecule has 4 fully saturated rings. The van der Waals surface area contributed by atoms with Crippen molar-refractivity contribution in [3.8, 4) is 5.75 Å². The lowest BCUT2D eigenvalue weighted by molar-refractivity contribution is -0.133. The molecular weight excluding hydrogens is 294 g/mol. The molecule has 1 aromatic carbocycles. The second-order valence-electron chi connectivity index (χ2n) is 7.23. The van der Waals surface area contributed by atoms with Gasteiger partial charge in [-0.15, -0.1) is 0 Å². The Kier molecular flexibility index (Phi) is 2.57. The Hall–Kier alpha value is -1.59. The first-order valence-electron chi connectivity index (χ1n) is 8.47. The predicted octanol–water partition coefficient (Wildman–Crippen LogP) is 1.79. The van der Waals surface area contributed by atoms with Gasteiger partial charge < -0.3 is 14.6 Å². The first-order chi connectivity index (χ1) is 11.1. The molecule has 2 aliphatic carbocycles. The summed E-state index contributed by atoms with van der Waals surface area (Å²) in [6.07, 6.45) is 1.05. The zero-order chi connectivity index (χ0) is 15.9. The van der Waals surface area contributed by atoms with Crippen molar-refractivity contribution < 1.29 is 19.4 Å². The molecule has 0 radical (unpaired) electrons. The highest BCUT2D eigenvalue weighted by molar-refractivity contribution is 6.01. The van der Waals surface area contributed by atoms with Crippen molar-refractivity contribution in [3.05, 3.63) is 24.3 Å². The molecule has 1 N–H and O–H groups in total. The van der Waals surface area contributed by atoms with Crippen LogP contribution in [0.15, 0.2) is 24.3 Å². The average Bonchev–Trinajstić information content (AvgIpc) is 3.23. The van der Waals surface area contributed by atoms with Crippen molar-refractivity contribution in [2.75, 3.05) is 12.0 Å². The number of methoxy groups -OCH3 is 1. The number of fused-ring (bicyclic) bond motifs is 2. The number of hydrogen-bond donors (Lipinski definition) is 1. The van der Waals surface area contributed by atoms with Crippen LogP contribution in [0.3, 0.4) is 0 Å². The Labute approximate surface area is 135 Å². The largest absolute Gasteiger partial charge is 0.495 e. The molecule has 2 saturated heterocycles. The zero-order valence-electron chi connectivity index (χ0n) is 13.3. The molecule has 5 rings (SSSR count). The number of benzene rings is 1. The van der Waals surface area contributed by atoms with E-state index < -0.39 is 11.8 Å². The SMILES string of the molecule is CC[C@]12O[C@@H]3[C@H](O)[C@H]4C[C@H]3[C@@H]1[C@H]4C(=O)N2c1ccccc1OC. The molecule has 23 heavy (non-hydrogen) atoms. The molecule has 1 amide bonds. The van der Waals surface area contributed by atoms with Crippen LogP contribution in [0, 0.1) is 23.7 Å². The van der Waals surface area contributed by atoms with E-state index in [0.717, 1.165) is 18.5 Å². The van der Waals surface area contributed by atoms with Gasteiger partial charge in [0.05, 0.1) is 30.9 Å². The summed E-state index contributed by atoms with van der Waals surface area (Å²) >= 11 is 0. The molecule has 2 bridgehead atoms. The summed E-state index contributed by atoms with van der Waals surface area (Å²) in [5.74, 6) is 1.22. The van der Waals surface area contributed by atoms with E-state index in [2.05, 4.69) is 6.92 Å². The van der Waals surface area contributed by atoms with Crippen molar-refractivity contribution in [1.82, 2.24) is 0 Å². The van der Waals surface area contributed by atoms with Crippen LogP contribution in [0.1, 0.15) is 19.8 Å². The van der Waals surface area contributed by atoms with Crippen LogP contribution >= 0.6 is 0 Å². The molecule has 0 aromatic heterocycles. The van der Waals surface area contributed by atoms with Crippen LogP contribution < -0.4 is 9.64 Å². The highest BCUT2D eigenvalue weighted by Gasteiger charge is 2.78. The fourth-order valence-electron chi connectivity index (χ4n) is 5.90. The van der Waals surface area contributed by atoms with Crippen LogP contribution in [0.5, 0.6) is 5.75 Å². The number of hydrogen-bond acceptors (Lipinski definition) is 4. The van der Waals surface area contributed by atoms with E-state index in [-0.39, 0.29) is 29.8 Å². The third kappa shape index (κ3) is 1.36. The van der Waals surface area contributed by atoms with E-state index in [1.165, 1.54) is 0 Å². The molecule has 4 aliphatic rings. The number of nitrogens with zero attached hydrogens (tertiary/aromatic N) is 1. The minimum absolute atomic E-state index is 0.0515. The van der Waals surface area contributed by atoms with Gasteiger partial charge in [0.2, 0.25) is 5.91 Å². The van der Waals surface area contributed by atoms with Gasteiger partial charge in [0, 0.05) is 5.92 Å². The zero-order valence-corrected chi connectivity index (χ0v) is 13.3. The van der Waals surface area contributed by atoms with Gasteiger partial charge in [0.15, 0.2) is 5.72 Å². The van der Waals surface area contributed by atoms with Crippen LogP contribution in [-0.2, 0) is 9.53 Å². The maximum Gasteiger partial charge on any atom is 0.233 e. The van der Waals surface area contributed by atoms with Crippen molar-refractivity contribution in [1.29, 1.82) is 0 Å². The fourth-order valence-corrected chi connectivity index (χ4v) is 5.90. The lowest BCUT2D eigenvalue weighted by Crippen LogP contribution is -2.51. The van der Waals surface area contributed by atoms with E-state index in [4.69, 9.17) is 9.47 Å². The lowest BCUT2D eigenvalue weighted by Gasteiger charge is -2.38. The molecule has 2 aliphatic heterocycles. The molecule has 0 unspecified atom stereocenters. The Morgan fingerprint density at radius 2 is 2.17 bits per heavy atom. The molecule has 1 aromatic rings. The van der Waals surface area contributed by atoms with Crippen LogP contribution in [0.2, 0.25) is 0 Å². The number of carbonyl (C=O) groups excluding carboxylic acids is 1. The van der Waals surface area contributed by atoms with E-state index in [1.54, 1.807) is 7.11 Å². The van der Waals surface area contributed by atoms with Gasteiger partial charge in [-0.1, -0.05) is 19.1 Å². The summed E-state index contributed by atoms with van der Waals surface area (Å²) in [5, 5.41) is 10.5. The molecule has 7 atom stereocenters. The third-order valence-electron chi connectivity index (χ3n) is 6.63. The van der Waals surface area contributed by atoms with Crippen molar-refractivity contribution in [3.63, 3.8) is 0 Å². The Balaban J connectivity index is 1.69.